The molecule has 0 radical (unpaired) electrons. The Hall–Kier alpha value is -0.334. The summed E-state index contributed by atoms with van der Waals surface area (Å²) < 4.78 is 0. The molecule has 1 fully saturated rings. The fourth-order valence-corrected chi connectivity index (χ4v) is 0.729. The van der Waals surface area contributed by atoms with Crippen molar-refractivity contribution in [2.45, 2.75) is 5.36 Å². The quantitative estimate of drug-likeness (QED) is 0.350. The summed E-state index contributed by atoms with van der Waals surface area (Å²) in [5, 5.41) is 15.8. The third-order valence-electron chi connectivity index (χ3n) is 0.931. The molecular formula is C4H8CoN2O3. The van der Waals surface area contributed by atoms with Crippen LogP contribution in [0.1, 0.15) is 0 Å². The standard InChI is InChI=1S/C4H8N.Co.NO3/c1-2-5-3-4-5;;2-1(3)4/h1-4H2;;/q;+1;-1. The van der Waals surface area contributed by atoms with Gasteiger partial charge < -0.3 is 15.3 Å². The summed E-state index contributed by atoms with van der Waals surface area (Å²) in [6, 6.07) is 0. The van der Waals surface area contributed by atoms with Crippen molar-refractivity contribution in [3.8, 4) is 0 Å². The van der Waals surface area contributed by atoms with Gasteiger partial charge in [-0.1, -0.05) is 0 Å². The van der Waals surface area contributed by atoms with E-state index < -0.39 is 5.09 Å². The van der Waals surface area contributed by atoms with Gasteiger partial charge in [0.1, 0.15) is 0 Å². The van der Waals surface area contributed by atoms with Crippen LogP contribution in [0.25, 0.3) is 0 Å². The van der Waals surface area contributed by atoms with E-state index in [1.807, 2.05) is 0 Å². The molecule has 61 valence electrons. The van der Waals surface area contributed by atoms with Crippen LogP contribution in [-0.4, -0.2) is 29.6 Å². The number of hydrogen-bond acceptors (Lipinski definition) is 4. The first-order valence-electron chi connectivity index (χ1n) is 2.73. The Morgan fingerprint density at radius 3 is 2.00 bits per heavy atom. The molecule has 1 aliphatic heterocycles. The predicted molar refractivity (Wildman–Crippen MR) is 31.6 cm³/mol. The molecule has 0 aromatic carbocycles. The van der Waals surface area contributed by atoms with Gasteiger partial charge >= 0.3 is 45.6 Å². The zero-order chi connectivity index (χ0) is 7.98. The molecule has 6 heteroatoms. The molecule has 0 aromatic rings. The third kappa shape index (κ3) is 10.6. The molecule has 0 amide bonds. The van der Waals surface area contributed by atoms with Gasteiger partial charge in [-0.2, -0.15) is 0 Å². The second kappa shape index (κ2) is 5.45. The van der Waals surface area contributed by atoms with Crippen LogP contribution in [0.2, 0.25) is 5.36 Å². The average molecular weight is 191 g/mol. The second-order valence-corrected chi connectivity index (χ2v) is 2.25. The third-order valence-corrected chi connectivity index (χ3v) is 1.16. The Bertz CT molecular complexity index is 103. The van der Waals surface area contributed by atoms with Crippen LogP contribution in [-0.2, 0) is 15.7 Å². The minimum atomic E-state index is -1.75. The molecule has 0 unspecified atom stereocenters. The van der Waals surface area contributed by atoms with Crippen molar-refractivity contribution >= 4 is 0 Å². The van der Waals surface area contributed by atoms with Crippen LogP contribution >= 0.6 is 0 Å². The Morgan fingerprint density at radius 1 is 1.50 bits per heavy atom. The van der Waals surface area contributed by atoms with Gasteiger partial charge in [0.15, 0.2) is 0 Å². The predicted octanol–water partition coefficient (Wildman–Crippen LogP) is 0.0280. The molecule has 0 aromatic heterocycles. The number of hydrogen-bond donors (Lipinski definition) is 0. The fourth-order valence-electron chi connectivity index (χ4n) is 0.400. The zero-order valence-electron chi connectivity index (χ0n) is 5.28. The van der Waals surface area contributed by atoms with Crippen LogP contribution in [0.15, 0.2) is 0 Å². The van der Waals surface area contributed by atoms with E-state index in [2.05, 4.69) is 20.6 Å². The molecule has 0 spiro atoms. The van der Waals surface area contributed by atoms with Crippen molar-refractivity contribution in [1.82, 2.24) is 4.90 Å². The summed E-state index contributed by atoms with van der Waals surface area (Å²) in [7, 11) is 0. The Morgan fingerprint density at radius 2 is 1.90 bits per heavy atom. The molecule has 0 atom stereocenters. The molecule has 0 saturated carbocycles. The topological polar surface area (TPSA) is 69.2 Å². The van der Waals surface area contributed by atoms with E-state index in [0.29, 0.717) is 0 Å². The van der Waals surface area contributed by atoms with Crippen molar-refractivity contribution in [3.63, 3.8) is 0 Å². The van der Waals surface area contributed by atoms with Gasteiger partial charge in [-0.15, -0.1) is 0 Å². The summed E-state index contributed by atoms with van der Waals surface area (Å²) >= 11 is 4.10. The molecule has 10 heavy (non-hydrogen) atoms. The van der Waals surface area contributed by atoms with Gasteiger partial charge in [-0.25, -0.2) is 0 Å². The Balaban J connectivity index is 0.000000180. The average Bonchev–Trinajstić information content (AvgIpc) is 2.48. The SMILES string of the molecule is O=[N+]([O-])[O-].[Co+][CH2]CN1CC1. The molecule has 1 heterocycles. The normalized spacial score (nSPS) is 15.3. The van der Waals surface area contributed by atoms with Crippen molar-refractivity contribution in [2.75, 3.05) is 19.6 Å². The summed E-state index contributed by atoms with van der Waals surface area (Å²) in [6.45, 7) is 3.79. The van der Waals surface area contributed by atoms with Gasteiger partial charge in [-0.05, 0) is 0 Å². The Labute approximate surface area is 66.7 Å². The van der Waals surface area contributed by atoms with Crippen LogP contribution in [0.3, 0.4) is 0 Å². The van der Waals surface area contributed by atoms with E-state index in [9.17, 15) is 0 Å². The van der Waals surface area contributed by atoms with E-state index in [0.717, 1.165) is 5.36 Å². The summed E-state index contributed by atoms with van der Waals surface area (Å²) in [5.41, 5.74) is 0. The van der Waals surface area contributed by atoms with Crippen molar-refractivity contribution in [3.05, 3.63) is 15.3 Å². The first-order valence-corrected chi connectivity index (χ1v) is 3.47. The van der Waals surface area contributed by atoms with Gasteiger partial charge in [-0.3, -0.25) is 0 Å². The summed E-state index contributed by atoms with van der Waals surface area (Å²) in [6.07, 6.45) is 0. The van der Waals surface area contributed by atoms with Crippen molar-refractivity contribution in [1.29, 1.82) is 0 Å². The van der Waals surface area contributed by atoms with Crippen LogP contribution in [0.5, 0.6) is 0 Å². The van der Waals surface area contributed by atoms with E-state index in [1.54, 1.807) is 0 Å². The maximum absolute atomic E-state index is 8.25. The van der Waals surface area contributed by atoms with Crippen LogP contribution in [0.4, 0.5) is 0 Å². The van der Waals surface area contributed by atoms with Crippen molar-refractivity contribution in [2.24, 2.45) is 0 Å². The first kappa shape index (κ1) is 9.67. The molecule has 1 aliphatic rings. The summed E-state index contributed by atoms with van der Waals surface area (Å²) in [4.78, 5) is 10.6. The fraction of sp³-hybridized carbons (Fsp3) is 1.00. The summed E-state index contributed by atoms with van der Waals surface area (Å²) in [5.74, 6) is 0. The molecule has 1 rings (SSSR count). The van der Waals surface area contributed by atoms with Crippen LogP contribution < -0.4 is 0 Å². The van der Waals surface area contributed by atoms with E-state index in [4.69, 9.17) is 15.3 Å². The van der Waals surface area contributed by atoms with Crippen molar-refractivity contribution < 1.29 is 20.8 Å². The van der Waals surface area contributed by atoms with E-state index >= 15 is 0 Å². The van der Waals surface area contributed by atoms with Gasteiger partial charge in [0.2, 0.25) is 0 Å². The number of nitrogens with zero attached hydrogens (tertiary/aromatic N) is 2. The molecule has 0 bridgehead atoms. The molecular weight excluding hydrogens is 183 g/mol. The van der Waals surface area contributed by atoms with E-state index in [1.165, 1.54) is 19.6 Å². The number of rotatable bonds is 2. The van der Waals surface area contributed by atoms with Gasteiger partial charge in [0.05, 0.1) is 5.09 Å². The first-order chi connectivity index (χ1) is 4.66. The van der Waals surface area contributed by atoms with Crippen LogP contribution in [0, 0.1) is 15.3 Å². The molecule has 0 N–H and O–H groups in total. The molecule has 0 aliphatic carbocycles. The monoisotopic (exact) mass is 191 g/mol. The molecule has 1 saturated heterocycles. The zero-order valence-corrected chi connectivity index (χ0v) is 6.32. The maximum atomic E-state index is 8.25. The van der Waals surface area contributed by atoms with Gasteiger partial charge in [0, 0.05) is 0 Å². The van der Waals surface area contributed by atoms with Gasteiger partial charge in [0.25, 0.3) is 0 Å². The second-order valence-electron chi connectivity index (χ2n) is 1.73. The molecule has 5 nitrogen and oxygen atoms in total. The van der Waals surface area contributed by atoms with E-state index in [-0.39, 0.29) is 0 Å². The minimum absolute atomic E-state index is 1.01. The Kier molecular flexibility index (Phi) is 5.27.